The van der Waals surface area contributed by atoms with Gasteiger partial charge in [0.15, 0.2) is 6.61 Å². The van der Waals surface area contributed by atoms with Crippen molar-refractivity contribution in [3.05, 3.63) is 87.7 Å². The van der Waals surface area contributed by atoms with E-state index in [0.29, 0.717) is 22.7 Å². The maximum Gasteiger partial charge on any atom is 0.262 e. The molecule has 0 unspecified atom stereocenters. The van der Waals surface area contributed by atoms with Gasteiger partial charge in [-0.2, -0.15) is 0 Å². The number of benzene rings is 3. The molecule has 0 saturated carbocycles. The average molecular weight is 522 g/mol. The summed E-state index contributed by atoms with van der Waals surface area (Å²) in [5.41, 5.74) is 5.61. The number of anilines is 2. The van der Waals surface area contributed by atoms with Gasteiger partial charge in [-0.1, -0.05) is 18.2 Å². The van der Waals surface area contributed by atoms with E-state index in [9.17, 15) is 13.2 Å². The van der Waals surface area contributed by atoms with Crippen molar-refractivity contribution in [3.63, 3.8) is 0 Å². The molecule has 0 spiro atoms. The fourth-order valence-electron chi connectivity index (χ4n) is 3.56. The van der Waals surface area contributed by atoms with Crippen molar-refractivity contribution in [3.8, 4) is 17.0 Å². The van der Waals surface area contributed by atoms with Gasteiger partial charge in [0, 0.05) is 22.3 Å². The number of carbonyl (C=O) groups is 1. The molecular weight excluding hydrogens is 494 g/mol. The molecule has 2 N–H and O–H groups in total. The summed E-state index contributed by atoms with van der Waals surface area (Å²) in [6.45, 7) is 7.37. The molecule has 36 heavy (non-hydrogen) atoms. The Labute approximate surface area is 215 Å². The van der Waals surface area contributed by atoms with Crippen molar-refractivity contribution < 1.29 is 17.9 Å². The number of aryl methyl sites for hydroxylation is 4. The third-order valence-corrected chi connectivity index (χ3v) is 7.79. The zero-order chi connectivity index (χ0) is 25.9. The number of sulfonamides is 1. The lowest BCUT2D eigenvalue weighted by Gasteiger charge is -2.13. The van der Waals surface area contributed by atoms with Gasteiger partial charge in [-0.25, -0.2) is 13.4 Å². The number of carbonyl (C=O) groups excluding carboxylic acids is 1. The van der Waals surface area contributed by atoms with E-state index in [0.717, 1.165) is 27.4 Å². The van der Waals surface area contributed by atoms with Crippen molar-refractivity contribution in [1.82, 2.24) is 4.98 Å². The molecule has 0 aliphatic heterocycles. The number of thiazole rings is 1. The van der Waals surface area contributed by atoms with E-state index in [4.69, 9.17) is 4.74 Å². The number of hydrogen-bond acceptors (Lipinski definition) is 6. The summed E-state index contributed by atoms with van der Waals surface area (Å²) < 4.78 is 34.0. The van der Waals surface area contributed by atoms with Gasteiger partial charge in [0.25, 0.3) is 15.9 Å². The van der Waals surface area contributed by atoms with Crippen molar-refractivity contribution >= 4 is 38.6 Å². The van der Waals surface area contributed by atoms with Crippen molar-refractivity contribution in [2.75, 3.05) is 16.6 Å². The van der Waals surface area contributed by atoms with Gasteiger partial charge < -0.3 is 10.1 Å². The Morgan fingerprint density at radius 3 is 2.42 bits per heavy atom. The van der Waals surface area contributed by atoms with E-state index in [-0.39, 0.29) is 17.4 Å². The van der Waals surface area contributed by atoms with Gasteiger partial charge in [0.05, 0.1) is 15.6 Å². The van der Waals surface area contributed by atoms with E-state index in [1.165, 1.54) is 12.1 Å². The Morgan fingerprint density at radius 2 is 1.72 bits per heavy atom. The molecule has 1 aromatic heterocycles. The van der Waals surface area contributed by atoms with E-state index in [1.54, 1.807) is 42.5 Å². The fraction of sp³-hybridized carbons (Fsp3) is 0.185. The van der Waals surface area contributed by atoms with Crippen LogP contribution in [0.1, 0.15) is 21.7 Å². The highest BCUT2D eigenvalue weighted by atomic mass is 32.2. The first kappa shape index (κ1) is 25.4. The highest BCUT2D eigenvalue weighted by Gasteiger charge is 2.17. The minimum Gasteiger partial charge on any atom is -0.483 e. The summed E-state index contributed by atoms with van der Waals surface area (Å²) in [4.78, 5) is 17.1. The lowest BCUT2D eigenvalue weighted by Crippen LogP contribution is -2.20. The van der Waals surface area contributed by atoms with Crippen LogP contribution < -0.4 is 14.8 Å². The van der Waals surface area contributed by atoms with Crippen LogP contribution in [0.5, 0.6) is 5.75 Å². The third-order valence-electron chi connectivity index (χ3n) is 5.64. The number of ether oxygens (including phenoxy) is 1. The second-order valence-electron chi connectivity index (χ2n) is 8.50. The monoisotopic (exact) mass is 521 g/mol. The zero-order valence-electron chi connectivity index (χ0n) is 20.5. The highest BCUT2D eigenvalue weighted by Crippen LogP contribution is 2.26. The molecule has 0 fully saturated rings. The lowest BCUT2D eigenvalue weighted by atomic mass is 10.1. The molecule has 4 aromatic rings. The minimum atomic E-state index is -3.77. The quantitative estimate of drug-likeness (QED) is 0.303. The predicted molar refractivity (Wildman–Crippen MR) is 144 cm³/mol. The topological polar surface area (TPSA) is 97.4 Å². The van der Waals surface area contributed by atoms with Crippen LogP contribution in [-0.4, -0.2) is 25.9 Å². The Bertz CT molecular complexity index is 1530. The first-order chi connectivity index (χ1) is 17.1. The summed E-state index contributed by atoms with van der Waals surface area (Å²) in [5.74, 6) is 0.107. The molecule has 0 atom stereocenters. The molecule has 4 rings (SSSR count). The second-order valence-corrected chi connectivity index (χ2v) is 11.2. The van der Waals surface area contributed by atoms with Crippen LogP contribution in [-0.2, 0) is 14.8 Å². The first-order valence-corrected chi connectivity index (χ1v) is 13.6. The predicted octanol–water partition coefficient (Wildman–Crippen LogP) is 5.86. The highest BCUT2D eigenvalue weighted by molar-refractivity contribution is 7.92. The van der Waals surface area contributed by atoms with Crippen molar-refractivity contribution in [2.24, 2.45) is 0 Å². The van der Waals surface area contributed by atoms with Crippen molar-refractivity contribution in [2.45, 2.75) is 32.6 Å². The fourth-order valence-corrected chi connectivity index (χ4v) is 5.32. The number of rotatable bonds is 8. The second kappa shape index (κ2) is 10.5. The van der Waals surface area contributed by atoms with Crippen LogP contribution in [0, 0.1) is 27.7 Å². The van der Waals surface area contributed by atoms with E-state index in [2.05, 4.69) is 15.0 Å². The van der Waals surface area contributed by atoms with Crippen LogP contribution in [0.15, 0.2) is 70.9 Å². The summed E-state index contributed by atoms with van der Waals surface area (Å²) >= 11 is 1.57. The van der Waals surface area contributed by atoms with Crippen molar-refractivity contribution in [1.29, 1.82) is 0 Å². The molecule has 1 amide bonds. The summed E-state index contributed by atoms with van der Waals surface area (Å²) in [6, 6.07) is 17.4. The average Bonchev–Trinajstić information content (AvgIpc) is 3.27. The molecule has 0 aliphatic carbocycles. The van der Waals surface area contributed by atoms with Gasteiger partial charge in [0.2, 0.25) is 0 Å². The first-order valence-electron chi connectivity index (χ1n) is 11.3. The number of nitrogens with zero attached hydrogens (tertiary/aromatic N) is 1. The Morgan fingerprint density at radius 1 is 0.917 bits per heavy atom. The van der Waals surface area contributed by atoms with E-state index in [1.807, 2.05) is 50.4 Å². The molecule has 9 heteroatoms. The summed E-state index contributed by atoms with van der Waals surface area (Å²) in [7, 11) is -3.77. The number of hydrogen-bond donors (Lipinski definition) is 2. The van der Waals surface area contributed by atoms with Crippen LogP contribution in [0.25, 0.3) is 11.3 Å². The van der Waals surface area contributed by atoms with Gasteiger partial charge in [-0.15, -0.1) is 11.3 Å². The molecule has 0 aliphatic rings. The van der Waals surface area contributed by atoms with Crippen LogP contribution in [0.3, 0.4) is 0 Å². The Kier molecular flexibility index (Phi) is 7.42. The maximum absolute atomic E-state index is 12.8. The SMILES string of the molecule is Cc1nc(-c2cccc(NC(=O)COc3ccc(S(=O)(=O)Nc4ccc(C)c(C)c4)cc3C)c2)cs1. The summed E-state index contributed by atoms with van der Waals surface area (Å²) in [5, 5.41) is 5.78. The van der Waals surface area contributed by atoms with Crippen LogP contribution in [0.4, 0.5) is 11.4 Å². The maximum atomic E-state index is 12.8. The molecule has 0 radical (unpaired) electrons. The molecule has 7 nitrogen and oxygen atoms in total. The molecule has 186 valence electrons. The van der Waals surface area contributed by atoms with Crippen LogP contribution >= 0.6 is 11.3 Å². The molecule has 1 heterocycles. The Balaban J connectivity index is 1.38. The van der Waals surface area contributed by atoms with Gasteiger partial charge in [-0.05, 0) is 86.8 Å². The minimum absolute atomic E-state index is 0.115. The van der Waals surface area contributed by atoms with E-state index < -0.39 is 10.0 Å². The largest absolute Gasteiger partial charge is 0.483 e. The Hall–Kier alpha value is -3.69. The van der Waals surface area contributed by atoms with Gasteiger partial charge in [0.1, 0.15) is 5.75 Å². The molecule has 3 aromatic carbocycles. The number of nitrogens with one attached hydrogen (secondary N) is 2. The molecule has 0 saturated heterocycles. The summed E-state index contributed by atoms with van der Waals surface area (Å²) in [6.07, 6.45) is 0. The number of aromatic nitrogens is 1. The number of amides is 1. The smallest absolute Gasteiger partial charge is 0.262 e. The third kappa shape index (κ3) is 6.10. The van der Waals surface area contributed by atoms with E-state index >= 15 is 0 Å². The van der Waals surface area contributed by atoms with Crippen LogP contribution in [0.2, 0.25) is 0 Å². The molecular formula is C27H27N3O4S2. The standard InChI is InChI=1S/C27H27N3O4S2/c1-17-8-9-23(12-18(17)2)30-36(32,33)24-10-11-26(19(3)13-24)34-15-27(31)29-22-7-5-6-21(14-22)25-16-35-20(4)28-25/h5-14,16,30H,15H2,1-4H3,(H,29,31). The normalized spacial score (nSPS) is 11.2. The zero-order valence-corrected chi connectivity index (χ0v) is 22.1. The van der Waals surface area contributed by atoms with Gasteiger partial charge in [-0.3, -0.25) is 9.52 Å². The lowest BCUT2D eigenvalue weighted by molar-refractivity contribution is -0.118. The van der Waals surface area contributed by atoms with Gasteiger partial charge >= 0.3 is 0 Å². The molecule has 0 bridgehead atoms.